The number of aromatic nitrogens is 1. The highest BCUT2D eigenvalue weighted by Gasteiger charge is 2.22. The number of morpholine rings is 1. The van der Waals surface area contributed by atoms with Crippen molar-refractivity contribution in [1.29, 1.82) is 0 Å². The van der Waals surface area contributed by atoms with Crippen LogP contribution in [-0.2, 0) is 11.2 Å². The SMILES string of the molecule is O=C(O)c1sc(N2CCOCC2)nc1Cc1cc2ccccc2s1. The van der Waals surface area contributed by atoms with Crippen LogP contribution >= 0.6 is 22.7 Å². The van der Waals surface area contributed by atoms with Gasteiger partial charge in [0.25, 0.3) is 0 Å². The zero-order valence-corrected chi connectivity index (χ0v) is 14.5. The molecular formula is C17H16N2O3S2. The van der Waals surface area contributed by atoms with E-state index in [0.29, 0.717) is 30.2 Å². The normalized spacial score (nSPS) is 15.1. The number of thiophene rings is 1. The Bertz CT molecular complexity index is 848. The average Bonchev–Trinajstić information content (AvgIpc) is 3.19. The van der Waals surface area contributed by atoms with Crippen molar-refractivity contribution in [1.82, 2.24) is 4.98 Å². The Balaban J connectivity index is 1.65. The first-order valence-corrected chi connectivity index (χ1v) is 9.37. The van der Waals surface area contributed by atoms with Gasteiger partial charge in [-0.3, -0.25) is 0 Å². The maximum Gasteiger partial charge on any atom is 0.347 e. The Kier molecular flexibility index (Phi) is 4.22. The van der Waals surface area contributed by atoms with Crippen molar-refractivity contribution in [2.75, 3.05) is 31.2 Å². The molecule has 4 rings (SSSR count). The number of fused-ring (bicyclic) bond motifs is 1. The summed E-state index contributed by atoms with van der Waals surface area (Å²) >= 11 is 2.96. The van der Waals surface area contributed by atoms with Crippen LogP contribution in [0.1, 0.15) is 20.2 Å². The Labute approximate surface area is 147 Å². The Morgan fingerprint density at radius 2 is 2.04 bits per heavy atom. The number of hydrogen-bond acceptors (Lipinski definition) is 6. The van der Waals surface area contributed by atoms with Crippen LogP contribution < -0.4 is 4.90 Å². The summed E-state index contributed by atoms with van der Waals surface area (Å²) in [6.07, 6.45) is 0.557. The summed E-state index contributed by atoms with van der Waals surface area (Å²) in [5.41, 5.74) is 0.653. The van der Waals surface area contributed by atoms with Crippen LogP contribution in [0.4, 0.5) is 5.13 Å². The van der Waals surface area contributed by atoms with Crippen LogP contribution in [0, 0.1) is 0 Å². The molecule has 7 heteroatoms. The molecule has 0 aliphatic carbocycles. The lowest BCUT2D eigenvalue weighted by Gasteiger charge is -2.26. The molecule has 1 aliphatic rings. The Morgan fingerprint density at radius 3 is 2.79 bits per heavy atom. The summed E-state index contributed by atoms with van der Waals surface area (Å²) in [7, 11) is 0. The van der Waals surface area contributed by atoms with E-state index < -0.39 is 5.97 Å². The van der Waals surface area contributed by atoms with E-state index in [4.69, 9.17) is 4.74 Å². The molecule has 0 radical (unpaired) electrons. The van der Waals surface area contributed by atoms with Gasteiger partial charge >= 0.3 is 5.97 Å². The molecule has 3 aromatic rings. The lowest BCUT2D eigenvalue weighted by molar-refractivity contribution is 0.0701. The summed E-state index contributed by atoms with van der Waals surface area (Å²) in [6, 6.07) is 10.3. The van der Waals surface area contributed by atoms with Crippen molar-refractivity contribution in [2.45, 2.75) is 6.42 Å². The number of ether oxygens (including phenoxy) is 1. The van der Waals surface area contributed by atoms with Gasteiger partial charge in [0.15, 0.2) is 5.13 Å². The molecule has 124 valence electrons. The molecule has 0 unspecified atom stereocenters. The third kappa shape index (κ3) is 3.02. The zero-order valence-electron chi connectivity index (χ0n) is 12.9. The van der Waals surface area contributed by atoms with Crippen molar-refractivity contribution in [2.24, 2.45) is 0 Å². The van der Waals surface area contributed by atoms with E-state index >= 15 is 0 Å². The lowest BCUT2D eigenvalue weighted by atomic mass is 10.2. The van der Waals surface area contributed by atoms with Crippen LogP contribution in [0.5, 0.6) is 0 Å². The predicted molar refractivity (Wildman–Crippen MR) is 96.7 cm³/mol. The van der Waals surface area contributed by atoms with Gasteiger partial charge in [0.2, 0.25) is 0 Å². The lowest BCUT2D eigenvalue weighted by Crippen LogP contribution is -2.36. The fourth-order valence-corrected chi connectivity index (χ4v) is 4.85. The number of thiazole rings is 1. The number of anilines is 1. The van der Waals surface area contributed by atoms with Crippen LogP contribution in [0.2, 0.25) is 0 Å². The molecule has 5 nitrogen and oxygen atoms in total. The fraction of sp³-hybridized carbons (Fsp3) is 0.294. The van der Waals surface area contributed by atoms with E-state index in [1.807, 2.05) is 12.1 Å². The monoisotopic (exact) mass is 360 g/mol. The number of benzene rings is 1. The molecule has 1 N–H and O–H groups in total. The van der Waals surface area contributed by atoms with Crippen molar-refractivity contribution in [3.05, 3.63) is 45.8 Å². The summed E-state index contributed by atoms with van der Waals surface area (Å²) in [5, 5.41) is 11.5. The first-order chi connectivity index (χ1) is 11.7. The van der Waals surface area contributed by atoms with Crippen molar-refractivity contribution in [3.63, 3.8) is 0 Å². The number of carbonyl (C=O) groups is 1. The number of rotatable bonds is 4. The maximum atomic E-state index is 11.6. The Hall–Kier alpha value is -1.96. The highest BCUT2D eigenvalue weighted by molar-refractivity contribution is 7.19. The van der Waals surface area contributed by atoms with Crippen LogP contribution in [0.15, 0.2) is 30.3 Å². The van der Waals surface area contributed by atoms with Gasteiger partial charge in [-0.05, 0) is 17.5 Å². The third-order valence-electron chi connectivity index (χ3n) is 3.98. The molecule has 24 heavy (non-hydrogen) atoms. The van der Waals surface area contributed by atoms with Crippen LogP contribution in [0.3, 0.4) is 0 Å². The number of carboxylic acid groups (broad SMARTS) is 1. The van der Waals surface area contributed by atoms with Gasteiger partial charge in [-0.15, -0.1) is 11.3 Å². The quantitative estimate of drug-likeness (QED) is 0.772. The van der Waals surface area contributed by atoms with E-state index in [0.717, 1.165) is 23.1 Å². The van der Waals surface area contributed by atoms with Gasteiger partial charge in [-0.25, -0.2) is 9.78 Å². The standard InChI is InChI=1S/C17H16N2O3S2/c20-16(21)15-13(18-17(24-15)19-5-7-22-8-6-19)10-12-9-11-3-1-2-4-14(11)23-12/h1-4,9H,5-8,10H2,(H,20,21). The molecule has 2 aromatic heterocycles. The van der Waals surface area contributed by atoms with E-state index in [-0.39, 0.29) is 0 Å². The smallest absolute Gasteiger partial charge is 0.347 e. The topological polar surface area (TPSA) is 62.7 Å². The second-order valence-corrected chi connectivity index (χ2v) is 7.75. The molecule has 1 aliphatic heterocycles. The van der Waals surface area contributed by atoms with Gasteiger partial charge in [0.1, 0.15) is 4.88 Å². The molecule has 1 aromatic carbocycles. The number of hydrogen-bond donors (Lipinski definition) is 1. The minimum Gasteiger partial charge on any atom is -0.477 e. The first kappa shape index (κ1) is 15.6. The van der Waals surface area contributed by atoms with Gasteiger partial charge in [-0.1, -0.05) is 29.5 Å². The second-order valence-electron chi connectivity index (χ2n) is 5.60. The van der Waals surface area contributed by atoms with Gasteiger partial charge in [-0.2, -0.15) is 0 Å². The van der Waals surface area contributed by atoms with E-state index in [9.17, 15) is 9.90 Å². The third-order valence-corrected chi connectivity index (χ3v) is 6.24. The van der Waals surface area contributed by atoms with Crippen molar-refractivity contribution >= 4 is 43.9 Å². The van der Waals surface area contributed by atoms with E-state index in [1.54, 1.807) is 11.3 Å². The van der Waals surface area contributed by atoms with Crippen molar-refractivity contribution < 1.29 is 14.6 Å². The van der Waals surface area contributed by atoms with Gasteiger partial charge < -0.3 is 14.7 Å². The van der Waals surface area contributed by atoms with Gasteiger partial charge in [0, 0.05) is 29.1 Å². The summed E-state index contributed by atoms with van der Waals surface area (Å²) in [6.45, 7) is 2.84. The summed E-state index contributed by atoms with van der Waals surface area (Å²) in [4.78, 5) is 19.8. The van der Waals surface area contributed by atoms with Crippen molar-refractivity contribution in [3.8, 4) is 0 Å². The summed E-state index contributed by atoms with van der Waals surface area (Å²) < 4.78 is 6.57. The van der Waals surface area contributed by atoms with E-state index in [1.165, 1.54) is 21.4 Å². The molecule has 0 atom stereocenters. The second kappa shape index (κ2) is 6.51. The highest BCUT2D eigenvalue weighted by Crippen LogP contribution is 2.32. The molecular weight excluding hydrogens is 344 g/mol. The zero-order chi connectivity index (χ0) is 16.5. The minimum absolute atomic E-state index is 0.342. The molecule has 0 saturated carbocycles. The van der Waals surface area contributed by atoms with Crippen LogP contribution in [-0.4, -0.2) is 42.4 Å². The number of carboxylic acids is 1. The van der Waals surface area contributed by atoms with Crippen LogP contribution in [0.25, 0.3) is 10.1 Å². The number of aromatic carboxylic acids is 1. The largest absolute Gasteiger partial charge is 0.477 e. The Morgan fingerprint density at radius 1 is 1.25 bits per heavy atom. The maximum absolute atomic E-state index is 11.6. The molecule has 1 saturated heterocycles. The predicted octanol–water partition coefficient (Wildman–Crippen LogP) is 3.48. The van der Waals surface area contributed by atoms with Gasteiger partial charge in [0.05, 0.1) is 18.9 Å². The molecule has 0 bridgehead atoms. The summed E-state index contributed by atoms with van der Waals surface area (Å²) in [5.74, 6) is -0.900. The minimum atomic E-state index is -0.900. The first-order valence-electron chi connectivity index (χ1n) is 7.74. The molecule has 0 amide bonds. The highest BCUT2D eigenvalue weighted by atomic mass is 32.1. The molecule has 3 heterocycles. The fourth-order valence-electron chi connectivity index (χ4n) is 2.81. The molecule has 1 fully saturated rings. The number of nitrogens with zero attached hydrogens (tertiary/aromatic N) is 2. The molecule has 0 spiro atoms. The average molecular weight is 360 g/mol. The van der Waals surface area contributed by atoms with E-state index in [2.05, 4.69) is 28.1 Å².